The first-order valence-corrected chi connectivity index (χ1v) is 6.00. The number of hydrogen-bond donors (Lipinski definition) is 4. The van der Waals surface area contributed by atoms with Gasteiger partial charge in [0, 0.05) is 13.1 Å². The Morgan fingerprint density at radius 1 is 1.65 bits per heavy atom. The number of rotatable bonds is 3. The van der Waals surface area contributed by atoms with Crippen molar-refractivity contribution in [2.45, 2.75) is 31.4 Å². The summed E-state index contributed by atoms with van der Waals surface area (Å²) < 4.78 is 6.44. The highest BCUT2D eigenvalue weighted by Gasteiger charge is 2.42. The maximum absolute atomic E-state index is 11.9. The molecule has 5 N–H and O–H groups in total. The van der Waals surface area contributed by atoms with E-state index >= 15 is 0 Å². The van der Waals surface area contributed by atoms with E-state index in [1.54, 1.807) is 0 Å². The summed E-state index contributed by atoms with van der Waals surface area (Å²) in [6.45, 7) is 0.892. The highest BCUT2D eigenvalue weighted by atomic mass is 16.5. The van der Waals surface area contributed by atoms with Gasteiger partial charge in [-0.3, -0.25) is 9.36 Å². The van der Waals surface area contributed by atoms with Crippen molar-refractivity contribution in [3.63, 3.8) is 0 Å². The molecule has 0 saturated carbocycles. The Morgan fingerprint density at radius 3 is 2.85 bits per heavy atom. The number of nitrogens with one attached hydrogen (secondary N) is 1. The van der Waals surface area contributed by atoms with Crippen LogP contribution < -0.4 is 16.7 Å². The predicted molar refractivity (Wildman–Crippen MR) is 67.8 cm³/mol. The van der Waals surface area contributed by atoms with Gasteiger partial charge in [0.05, 0.1) is 12.6 Å². The van der Waals surface area contributed by atoms with Gasteiger partial charge in [-0.05, 0) is 6.07 Å². The molecular weight excluding hydrogens is 268 g/mol. The van der Waals surface area contributed by atoms with E-state index in [1.165, 1.54) is 19.2 Å². The smallest absolute Gasteiger partial charge is 0.351 e. The quantitative estimate of drug-likeness (QED) is 0.493. The lowest BCUT2D eigenvalue weighted by Crippen LogP contribution is -2.42. The molecule has 0 aliphatic carbocycles. The lowest BCUT2D eigenvalue weighted by molar-refractivity contribution is -0.114. The van der Waals surface area contributed by atoms with Crippen LogP contribution in [0.2, 0.25) is 0 Å². The average Bonchev–Trinajstić information content (AvgIpc) is 2.66. The summed E-state index contributed by atoms with van der Waals surface area (Å²) in [5.41, 5.74) is 5.09. The molecule has 1 aromatic heterocycles. The Bertz CT molecular complexity index is 560. The van der Waals surface area contributed by atoms with Crippen LogP contribution in [-0.4, -0.2) is 50.5 Å². The number of carbonyl (C=O) groups is 1. The van der Waals surface area contributed by atoms with E-state index in [2.05, 4.69) is 10.3 Å². The molecule has 1 aliphatic heterocycles. The fourth-order valence-corrected chi connectivity index (χ4v) is 2.03. The summed E-state index contributed by atoms with van der Waals surface area (Å²) in [5.74, 6) is -0.233. The summed E-state index contributed by atoms with van der Waals surface area (Å²) >= 11 is 0. The van der Waals surface area contributed by atoms with E-state index in [4.69, 9.17) is 15.6 Å². The third-order valence-electron chi connectivity index (χ3n) is 3.01. The molecule has 1 amide bonds. The fraction of sp³-hybridized carbons (Fsp3) is 0.545. The van der Waals surface area contributed by atoms with Crippen LogP contribution in [0.4, 0.5) is 5.82 Å². The van der Waals surface area contributed by atoms with E-state index < -0.39 is 36.8 Å². The second kappa shape index (κ2) is 5.67. The van der Waals surface area contributed by atoms with Crippen LogP contribution >= 0.6 is 0 Å². The first-order valence-electron chi connectivity index (χ1n) is 6.00. The molecule has 9 heteroatoms. The Morgan fingerprint density at radius 2 is 2.35 bits per heavy atom. The minimum atomic E-state index is -1.08. The molecule has 0 unspecified atom stereocenters. The number of aliphatic hydroxyl groups is 2. The number of ether oxygens (including phenoxy) is 1. The molecule has 4 atom stereocenters. The molecule has 1 fully saturated rings. The van der Waals surface area contributed by atoms with Gasteiger partial charge >= 0.3 is 5.69 Å². The van der Waals surface area contributed by atoms with E-state index in [0.717, 1.165) is 4.57 Å². The second-order valence-electron chi connectivity index (χ2n) is 4.50. The zero-order valence-electron chi connectivity index (χ0n) is 10.8. The van der Waals surface area contributed by atoms with Gasteiger partial charge < -0.3 is 26.0 Å². The topological polar surface area (TPSA) is 140 Å². The zero-order chi connectivity index (χ0) is 14.9. The van der Waals surface area contributed by atoms with Gasteiger partial charge in [0.15, 0.2) is 6.23 Å². The minimum Gasteiger partial charge on any atom is -0.394 e. The third kappa shape index (κ3) is 2.70. The van der Waals surface area contributed by atoms with Gasteiger partial charge in [0.1, 0.15) is 18.0 Å². The molecule has 1 saturated heterocycles. The number of aromatic nitrogens is 2. The largest absolute Gasteiger partial charge is 0.394 e. The second-order valence-corrected chi connectivity index (χ2v) is 4.50. The Kier molecular flexibility index (Phi) is 4.14. The van der Waals surface area contributed by atoms with Gasteiger partial charge in [-0.1, -0.05) is 0 Å². The Hall–Kier alpha value is -1.81. The Labute approximate surface area is 114 Å². The number of hydrogen-bond acceptors (Lipinski definition) is 7. The zero-order valence-corrected chi connectivity index (χ0v) is 10.8. The maximum Gasteiger partial charge on any atom is 0.351 e. The first kappa shape index (κ1) is 14.6. The third-order valence-corrected chi connectivity index (χ3v) is 3.01. The van der Waals surface area contributed by atoms with Gasteiger partial charge in [-0.2, -0.15) is 4.98 Å². The molecule has 0 radical (unpaired) electrons. The highest BCUT2D eigenvalue weighted by Crippen LogP contribution is 2.26. The molecule has 0 spiro atoms. The molecule has 0 bridgehead atoms. The Balaban J connectivity index is 2.26. The normalized spacial score (nSPS) is 29.4. The summed E-state index contributed by atoms with van der Waals surface area (Å²) in [6.07, 6.45) is -1.49. The van der Waals surface area contributed by atoms with Crippen molar-refractivity contribution >= 4 is 11.7 Å². The van der Waals surface area contributed by atoms with Crippen molar-refractivity contribution in [1.82, 2.24) is 9.55 Å². The number of carbonyl (C=O) groups excluding carboxylic acids is 1. The summed E-state index contributed by atoms with van der Waals surface area (Å²) in [7, 11) is 0. The van der Waals surface area contributed by atoms with Crippen LogP contribution in [0.15, 0.2) is 17.1 Å². The van der Waals surface area contributed by atoms with Crippen molar-refractivity contribution in [2.24, 2.45) is 5.73 Å². The van der Waals surface area contributed by atoms with Gasteiger partial charge in [0.2, 0.25) is 5.91 Å². The van der Waals surface area contributed by atoms with E-state index in [9.17, 15) is 14.7 Å². The average molecular weight is 284 g/mol. The van der Waals surface area contributed by atoms with Crippen LogP contribution in [-0.2, 0) is 9.53 Å². The minimum absolute atomic E-state index is 0.115. The van der Waals surface area contributed by atoms with Crippen LogP contribution in [0.1, 0.15) is 13.2 Å². The van der Waals surface area contributed by atoms with Crippen molar-refractivity contribution in [1.29, 1.82) is 0 Å². The van der Waals surface area contributed by atoms with Crippen LogP contribution in [0.25, 0.3) is 0 Å². The number of nitrogens with zero attached hydrogens (tertiary/aromatic N) is 2. The SMILES string of the molecule is CC(=O)Nc1ccn([C@@H]2O[C@H](CO)[C@@H](O)[C@H]2N)c(=O)n1. The molecule has 20 heavy (non-hydrogen) atoms. The molecular formula is C11H16N4O5. The van der Waals surface area contributed by atoms with Crippen LogP contribution in [0.5, 0.6) is 0 Å². The number of aliphatic hydroxyl groups excluding tert-OH is 2. The van der Waals surface area contributed by atoms with E-state index in [1.807, 2.05) is 0 Å². The van der Waals surface area contributed by atoms with Crippen LogP contribution in [0.3, 0.4) is 0 Å². The number of amides is 1. The van der Waals surface area contributed by atoms with E-state index in [-0.39, 0.29) is 11.7 Å². The van der Waals surface area contributed by atoms with Crippen LogP contribution in [0, 0.1) is 0 Å². The molecule has 2 rings (SSSR count). The standard InChI is InChI=1S/C11H16N4O5/c1-5(17)13-7-2-3-15(11(19)14-7)10-8(12)9(18)6(4-16)20-10/h2-3,6,8-10,16,18H,4,12H2,1H3,(H,13,14,17,19)/t6-,8-,9-,10-/m1/s1. The van der Waals surface area contributed by atoms with E-state index in [0.29, 0.717) is 0 Å². The number of anilines is 1. The van der Waals surface area contributed by atoms with Crippen molar-refractivity contribution in [3.05, 3.63) is 22.7 Å². The lowest BCUT2D eigenvalue weighted by Gasteiger charge is -2.17. The molecule has 1 aliphatic rings. The molecule has 2 heterocycles. The molecule has 1 aromatic rings. The fourth-order valence-electron chi connectivity index (χ4n) is 2.03. The lowest BCUT2D eigenvalue weighted by atomic mass is 10.1. The van der Waals surface area contributed by atoms with Gasteiger partial charge in [0.25, 0.3) is 0 Å². The van der Waals surface area contributed by atoms with Gasteiger partial charge in [-0.15, -0.1) is 0 Å². The summed E-state index contributed by atoms with van der Waals surface area (Å²) in [5, 5.41) is 21.2. The van der Waals surface area contributed by atoms with Gasteiger partial charge in [-0.25, -0.2) is 4.79 Å². The molecule has 110 valence electrons. The highest BCUT2D eigenvalue weighted by molar-refractivity contribution is 5.87. The predicted octanol–water partition coefficient (Wildman–Crippen LogP) is -2.22. The van der Waals surface area contributed by atoms with Crippen molar-refractivity contribution in [3.8, 4) is 0 Å². The number of nitrogens with two attached hydrogens (primary N) is 1. The van der Waals surface area contributed by atoms with Crippen molar-refractivity contribution < 1.29 is 19.7 Å². The summed E-state index contributed by atoms with van der Waals surface area (Å²) in [6, 6.07) is 0.552. The monoisotopic (exact) mass is 284 g/mol. The molecule has 9 nitrogen and oxygen atoms in total. The maximum atomic E-state index is 11.9. The summed E-state index contributed by atoms with van der Waals surface area (Å²) in [4.78, 5) is 26.4. The first-order chi connectivity index (χ1) is 9.43. The van der Waals surface area contributed by atoms with Crippen molar-refractivity contribution in [2.75, 3.05) is 11.9 Å². The molecule has 0 aromatic carbocycles.